The van der Waals surface area contributed by atoms with Crippen LogP contribution < -0.4 is 16.0 Å². The monoisotopic (exact) mass is 326 g/mol. The van der Waals surface area contributed by atoms with E-state index in [1.807, 2.05) is 39.1 Å². The number of benzene rings is 1. The van der Waals surface area contributed by atoms with Crippen molar-refractivity contribution in [3.05, 3.63) is 66.2 Å². The Bertz CT molecular complexity index is 685. The van der Waals surface area contributed by atoms with Crippen LogP contribution in [0.25, 0.3) is 0 Å². The van der Waals surface area contributed by atoms with Gasteiger partial charge in [-0.15, -0.1) is 0 Å². The molecular weight excluding hydrogens is 298 g/mol. The minimum Gasteiger partial charge on any atom is -0.342 e. The summed E-state index contributed by atoms with van der Waals surface area (Å²) in [7, 11) is 3.65. The molecule has 0 saturated carbocycles. The van der Waals surface area contributed by atoms with Crippen LogP contribution in [0.1, 0.15) is 22.3 Å². The molecule has 0 aliphatic heterocycles. The first-order chi connectivity index (χ1) is 11.7. The number of rotatable bonds is 5. The number of hydrogen-bond acceptors (Lipinski definition) is 5. The third-order valence-electron chi connectivity index (χ3n) is 3.24. The number of aliphatic imine (C=N–C) groups is 1. The van der Waals surface area contributed by atoms with E-state index in [0.29, 0.717) is 11.4 Å². The van der Waals surface area contributed by atoms with E-state index >= 15 is 0 Å². The molecule has 0 heterocycles. The molecule has 1 aliphatic rings. The normalized spacial score (nSPS) is 17.2. The fraction of sp³-hybridized carbons (Fsp3) is 0.263. The molecule has 129 valence electrons. The molecule has 0 bridgehead atoms. The van der Waals surface area contributed by atoms with Gasteiger partial charge < -0.3 is 16.0 Å². The van der Waals surface area contributed by atoms with Gasteiger partial charge in [-0.3, -0.25) is 4.99 Å². The molecule has 1 radical (unpaired) electrons. The number of likely N-dealkylation sites (N-methyl/N-ethyl adjacent to an activating group) is 1. The first kappa shape index (κ1) is 19.2. The highest BCUT2D eigenvalue weighted by Gasteiger charge is 2.13. The summed E-state index contributed by atoms with van der Waals surface area (Å²) in [5.74, 6) is 0.410. The van der Waals surface area contributed by atoms with Crippen LogP contribution in [0.4, 0.5) is 5.69 Å². The number of hydrogen-bond donors (Lipinski definition) is 3. The Balaban J connectivity index is 0. The van der Waals surface area contributed by atoms with Gasteiger partial charge in [0.2, 0.25) is 0 Å². The van der Waals surface area contributed by atoms with Crippen molar-refractivity contribution in [2.24, 2.45) is 4.99 Å². The number of nitriles is 1. The second-order valence-corrected chi connectivity index (χ2v) is 4.72. The summed E-state index contributed by atoms with van der Waals surface area (Å²) in [6.07, 6.45) is 5.87. The van der Waals surface area contributed by atoms with E-state index in [2.05, 4.69) is 27.0 Å². The van der Waals surface area contributed by atoms with E-state index in [-0.39, 0.29) is 8.90 Å². The van der Waals surface area contributed by atoms with Crippen LogP contribution in [0.2, 0.25) is 0 Å². The van der Waals surface area contributed by atoms with E-state index in [1.54, 1.807) is 31.3 Å². The smallest absolute Gasteiger partial charge is 0.108 e. The largest absolute Gasteiger partial charge is 0.342 e. The molecule has 3 N–H and O–H groups in total. The molecule has 0 spiro atoms. The quantitative estimate of drug-likeness (QED) is 0.775. The summed E-state index contributed by atoms with van der Waals surface area (Å²) >= 11 is 0. The van der Waals surface area contributed by atoms with Gasteiger partial charge in [0.15, 0.2) is 0 Å². The van der Waals surface area contributed by atoms with E-state index in [9.17, 15) is 0 Å². The van der Waals surface area contributed by atoms with E-state index in [0.717, 1.165) is 17.1 Å². The predicted molar refractivity (Wildman–Crippen MR) is 105 cm³/mol. The summed E-state index contributed by atoms with van der Waals surface area (Å²) < 4.78 is 0. The van der Waals surface area contributed by atoms with Crippen LogP contribution in [-0.4, -0.2) is 25.8 Å². The van der Waals surface area contributed by atoms with Crippen molar-refractivity contribution in [1.29, 1.82) is 5.26 Å². The predicted octanol–water partition coefficient (Wildman–Crippen LogP) is 3.46. The fourth-order valence-electron chi connectivity index (χ4n) is 2.10. The van der Waals surface area contributed by atoms with Crippen molar-refractivity contribution in [3.63, 3.8) is 0 Å². The van der Waals surface area contributed by atoms with Gasteiger partial charge >= 0.3 is 0 Å². The summed E-state index contributed by atoms with van der Waals surface area (Å²) in [6.45, 7) is 9.97. The first-order valence-electron chi connectivity index (χ1n) is 7.86. The van der Waals surface area contributed by atoms with Crippen molar-refractivity contribution in [1.82, 2.24) is 10.6 Å². The summed E-state index contributed by atoms with van der Waals surface area (Å²) in [5, 5.41) is 18.1. The maximum Gasteiger partial charge on any atom is 0.108 e. The summed E-state index contributed by atoms with van der Waals surface area (Å²) in [4.78, 5) is 4.21. The molecule has 0 saturated heterocycles. The topological polar surface area (TPSA) is 72.2 Å². The maximum absolute atomic E-state index is 8.77. The van der Waals surface area contributed by atoms with Crippen molar-refractivity contribution in [2.45, 2.75) is 19.9 Å². The molecule has 1 atom stereocenters. The van der Waals surface area contributed by atoms with Gasteiger partial charge in [0.05, 0.1) is 23.4 Å². The average molecular weight is 326 g/mol. The van der Waals surface area contributed by atoms with E-state index < -0.39 is 0 Å². The Morgan fingerprint density at radius 2 is 1.88 bits per heavy atom. The van der Waals surface area contributed by atoms with Gasteiger partial charge in [0.1, 0.15) is 5.82 Å². The van der Waals surface area contributed by atoms with Crippen molar-refractivity contribution >= 4 is 11.4 Å². The second-order valence-electron chi connectivity index (χ2n) is 4.72. The van der Waals surface area contributed by atoms with Gasteiger partial charge in [0.25, 0.3) is 0 Å². The lowest BCUT2D eigenvalue weighted by Crippen LogP contribution is -2.34. The van der Waals surface area contributed by atoms with Crippen LogP contribution in [0, 0.1) is 17.9 Å². The lowest BCUT2D eigenvalue weighted by atomic mass is 10.0. The molecular formula is C19H28N5. The Morgan fingerprint density at radius 3 is 2.42 bits per heavy atom. The Hall–Kier alpha value is -2.84. The molecule has 1 unspecified atom stereocenters. The molecule has 5 nitrogen and oxygen atoms in total. The van der Waals surface area contributed by atoms with Crippen molar-refractivity contribution < 1.29 is 2.85 Å². The minimum absolute atomic E-state index is 0. The molecule has 1 aliphatic carbocycles. The van der Waals surface area contributed by atoms with E-state index in [1.165, 1.54) is 0 Å². The van der Waals surface area contributed by atoms with E-state index in [4.69, 9.17) is 11.8 Å². The van der Waals surface area contributed by atoms with Crippen molar-refractivity contribution in [3.8, 4) is 6.07 Å². The zero-order valence-corrected chi connectivity index (χ0v) is 14.6. The lowest BCUT2D eigenvalue weighted by molar-refractivity contribution is 0.806. The maximum atomic E-state index is 8.77. The molecule has 1 aromatic carbocycles. The van der Waals surface area contributed by atoms with Gasteiger partial charge in [-0.2, -0.15) is 5.26 Å². The molecule has 24 heavy (non-hydrogen) atoms. The SMILES string of the molecule is CC.[CH]=C(NC1=CC(NC)C(=NC)C=C1)Nc1ccc(C#N)cc1.[HH].[HH]. The number of nitrogens with zero attached hydrogens (tertiary/aromatic N) is 2. The zero-order chi connectivity index (χ0) is 17.9. The van der Waals surface area contributed by atoms with Gasteiger partial charge in [-0.25, -0.2) is 0 Å². The average Bonchev–Trinajstić information content (AvgIpc) is 2.63. The molecule has 0 aromatic heterocycles. The van der Waals surface area contributed by atoms with Crippen molar-refractivity contribution in [2.75, 3.05) is 19.4 Å². The molecule has 2 rings (SSSR count). The second kappa shape index (κ2) is 10.0. The standard InChI is InChI=1S/C17H18N5.C2H6.2H2/c1-12(21-14-6-4-13(11-18)5-7-14)22-15-8-9-16(19-2)17(10-15)20-3;1-2;;/h1,4-10,17,20-22H,2-3H3;1-2H3;2*1H. The highest BCUT2D eigenvalue weighted by atomic mass is 15.1. The van der Waals surface area contributed by atoms with Crippen LogP contribution >= 0.6 is 0 Å². The summed E-state index contributed by atoms with van der Waals surface area (Å²) in [5.41, 5.74) is 3.26. The highest BCUT2D eigenvalue weighted by Crippen LogP contribution is 2.12. The highest BCUT2D eigenvalue weighted by molar-refractivity contribution is 6.02. The number of anilines is 1. The Labute approximate surface area is 147 Å². The summed E-state index contributed by atoms with van der Waals surface area (Å²) in [6, 6.07) is 9.20. The first-order valence-corrected chi connectivity index (χ1v) is 7.86. The van der Waals surface area contributed by atoms with Gasteiger partial charge in [-0.1, -0.05) is 13.8 Å². The van der Waals surface area contributed by atoms with Crippen LogP contribution in [0.15, 0.2) is 59.0 Å². The Kier molecular flexibility index (Phi) is 8.03. The Morgan fingerprint density at radius 1 is 1.21 bits per heavy atom. The van der Waals surface area contributed by atoms with Crippen LogP contribution in [-0.2, 0) is 0 Å². The van der Waals surface area contributed by atoms with Gasteiger partial charge in [0, 0.05) is 21.3 Å². The number of allylic oxidation sites excluding steroid dienone is 1. The van der Waals surface area contributed by atoms with Crippen LogP contribution in [0.3, 0.4) is 0 Å². The van der Waals surface area contributed by atoms with Gasteiger partial charge in [-0.05, 0) is 56.1 Å². The minimum atomic E-state index is 0. The fourth-order valence-corrected chi connectivity index (χ4v) is 2.10. The molecule has 0 fully saturated rings. The lowest BCUT2D eigenvalue weighted by Gasteiger charge is -2.20. The molecule has 1 aromatic rings. The third kappa shape index (κ3) is 5.41. The molecule has 5 heteroatoms. The van der Waals surface area contributed by atoms with Crippen LogP contribution in [0.5, 0.6) is 0 Å². The number of nitrogens with one attached hydrogen (secondary N) is 3. The third-order valence-corrected chi connectivity index (χ3v) is 3.24. The zero-order valence-electron chi connectivity index (χ0n) is 14.6. The molecule has 0 amide bonds.